The van der Waals surface area contributed by atoms with Gasteiger partial charge in [-0.25, -0.2) is 17.9 Å². The van der Waals surface area contributed by atoms with Gasteiger partial charge >= 0.3 is 5.97 Å². The molecule has 0 spiro atoms. The van der Waals surface area contributed by atoms with Crippen molar-refractivity contribution in [3.05, 3.63) is 105 Å². The number of benzene rings is 3. The summed E-state index contributed by atoms with van der Waals surface area (Å²) in [6, 6.07) is 16.7. The van der Waals surface area contributed by atoms with Crippen LogP contribution in [0.2, 0.25) is 10.0 Å². The smallest absolute Gasteiger partial charge is 0.338 e. The Bertz CT molecular complexity index is 1700. The minimum absolute atomic E-state index is 0.0273. The van der Waals surface area contributed by atoms with Crippen molar-refractivity contribution in [2.24, 2.45) is 0 Å². The number of amides is 2. The number of rotatable bonds is 8. The molecule has 5 rings (SSSR count). The van der Waals surface area contributed by atoms with Crippen molar-refractivity contribution < 1.29 is 27.5 Å². The molecule has 1 saturated carbocycles. The lowest BCUT2D eigenvalue weighted by Crippen LogP contribution is -2.59. The monoisotopic (exact) mass is 657 g/mol. The van der Waals surface area contributed by atoms with Gasteiger partial charge in [0.15, 0.2) is 0 Å². The maximum atomic E-state index is 14.4. The Hall–Kier alpha value is -3.44. The molecule has 3 aromatic carbocycles. The van der Waals surface area contributed by atoms with Crippen LogP contribution in [-0.2, 0) is 26.1 Å². The van der Waals surface area contributed by atoms with Crippen molar-refractivity contribution in [2.75, 3.05) is 13.4 Å². The molecule has 1 heterocycles. The molecule has 1 fully saturated rings. The standard InChI is InChI=1S/C32H33Cl2N3O6S/c1-43-32(40)21-10-4-3-9-19(21)18-35-30(38)28-22-11-5-6-12-23(22)31(39)37(29(28)24-16-15-20(33)17-25(24)34)27-14-8-7-13-26(27)36-44(2,41)42/h3-6,9-12,15-17,26-29,36H,7-8,13-14,18H2,1-2H3,(H,35,38)/t26-,27?,28+,29-/m0/s1. The number of hydrogen-bond donors (Lipinski definition) is 2. The maximum absolute atomic E-state index is 14.4. The Balaban J connectivity index is 1.63. The van der Waals surface area contributed by atoms with Crippen LogP contribution in [0.3, 0.4) is 0 Å². The lowest BCUT2D eigenvalue weighted by molar-refractivity contribution is -0.124. The predicted octanol–water partition coefficient (Wildman–Crippen LogP) is 5.24. The molecule has 232 valence electrons. The number of ether oxygens (including phenoxy) is 1. The summed E-state index contributed by atoms with van der Waals surface area (Å²) in [5, 5.41) is 3.65. The Kier molecular flexibility index (Phi) is 9.65. The second-order valence-electron chi connectivity index (χ2n) is 11.1. The number of methoxy groups -OCH3 is 1. The first kappa shape index (κ1) is 32.0. The average molecular weight is 659 g/mol. The van der Waals surface area contributed by atoms with E-state index in [1.807, 2.05) is 0 Å². The van der Waals surface area contributed by atoms with Crippen molar-refractivity contribution in [1.82, 2.24) is 14.9 Å². The van der Waals surface area contributed by atoms with Crippen molar-refractivity contribution in [2.45, 2.75) is 56.3 Å². The van der Waals surface area contributed by atoms with Crippen LogP contribution >= 0.6 is 23.2 Å². The minimum atomic E-state index is -3.60. The van der Waals surface area contributed by atoms with E-state index in [1.165, 1.54) is 7.11 Å². The summed E-state index contributed by atoms with van der Waals surface area (Å²) < 4.78 is 32.4. The molecule has 1 aliphatic carbocycles. The zero-order valence-electron chi connectivity index (χ0n) is 24.3. The van der Waals surface area contributed by atoms with Crippen molar-refractivity contribution in [3.63, 3.8) is 0 Å². The molecular weight excluding hydrogens is 625 g/mol. The van der Waals surface area contributed by atoms with Crippen molar-refractivity contribution >= 4 is 51.0 Å². The summed E-state index contributed by atoms with van der Waals surface area (Å²) in [5.41, 5.74) is 2.28. The highest BCUT2D eigenvalue weighted by Gasteiger charge is 2.49. The van der Waals surface area contributed by atoms with Gasteiger partial charge in [0, 0.05) is 34.2 Å². The quantitative estimate of drug-likeness (QED) is 0.320. The number of nitrogens with one attached hydrogen (secondary N) is 2. The number of sulfonamides is 1. The van der Waals surface area contributed by atoms with Gasteiger partial charge in [0.1, 0.15) is 0 Å². The molecule has 0 saturated heterocycles. The highest BCUT2D eigenvalue weighted by molar-refractivity contribution is 7.88. The number of nitrogens with zero attached hydrogens (tertiary/aromatic N) is 1. The average Bonchev–Trinajstić information content (AvgIpc) is 2.99. The predicted molar refractivity (Wildman–Crippen MR) is 168 cm³/mol. The lowest BCUT2D eigenvalue weighted by atomic mass is 9.76. The van der Waals surface area contributed by atoms with Crippen LogP contribution in [0.5, 0.6) is 0 Å². The van der Waals surface area contributed by atoms with Gasteiger partial charge < -0.3 is 15.0 Å². The Morgan fingerprint density at radius 3 is 2.41 bits per heavy atom. The Morgan fingerprint density at radius 2 is 1.68 bits per heavy atom. The van der Waals surface area contributed by atoms with Crippen LogP contribution in [0.1, 0.15) is 75.0 Å². The van der Waals surface area contributed by atoms with Gasteiger partial charge in [0.2, 0.25) is 15.9 Å². The van der Waals surface area contributed by atoms with Gasteiger partial charge in [-0.15, -0.1) is 0 Å². The summed E-state index contributed by atoms with van der Waals surface area (Å²) >= 11 is 13.0. The van der Waals surface area contributed by atoms with Crippen LogP contribution < -0.4 is 10.0 Å². The van der Waals surface area contributed by atoms with Crippen LogP contribution in [0.4, 0.5) is 0 Å². The third-order valence-corrected chi connectivity index (χ3v) is 9.56. The second kappa shape index (κ2) is 13.3. The van der Waals surface area contributed by atoms with Gasteiger partial charge in [-0.05, 0) is 53.8 Å². The lowest BCUT2D eigenvalue weighted by Gasteiger charge is -2.49. The van der Waals surface area contributed by atoms with Crippen molar-refractivity contribution in [1.29, 1.82) is 0 Å². The summed E-state index contributed by atoms with van der Waals surface area (Å²) in [5.74, 6) is -2.16. The zero-order valence-corrected chi connectivity index (χ0v) is 26.6. The van der Waals surface area contributed by atoms with Crippen LogP contribution in [0.25, 0.3) is 0 Å². The first-order valence-electron chi connectivity index (χ1n) is 14.3. The fourth-order valence-electron chi connectivity index (χ4n) is 6.40. The van der Waals surface area contributed by atoms with Crippen molar-refractivity contribution in [3.8, 4) is 0 Å². The number of hydrogen-bond acceptors (Lipinski definition) is 6. The van der Waals surface area contributed by atoms with E-state index in [9.17, 15) is 22.8 Å². The summed E-state index contributed by atoms with van der Waals surface area (Å²) in [6.07, 6.45) is 3.73. The number of carbonyl (C=O) groups is 3. The van der Waals surface area contributed by atoms with E-state index in [2.05, 4.69) is 10.0 Å². The minimum Gasteiger partial charge on any atom is -0.465 e. The van der Waals surface area contributed by atoms with Gasteiger partial charge in [0.25, 0.3) is 5.91 Å². The van der Waals surface area contributed by atoms with E-state index in [1.54, 1.807) is 71.6 Å². The number of carbonyl (C=O) groups excluding carboxylic acids is 3. The molecular formula is C32H33Cl2N3O6S. The van der Waals surface area contributed by atoms with E-state index < -0.39 is 45.9 Å². The molecule has 1 aliphatic heterocycles. The highest BCUT2D eigenvalue weighted by atomic mass is 35.5. The van der Waals surface area contributed by atoms with Crippen LogP contribution in [0, 0.1) is 0 Å². The van der Waals surface area contributed by atoms with Gasteiger partial charge in [-0.2, -0.15) is 0 Å². The Labute approximate surface area is 266 Å². The third kappa shape index (κ3) is 6.63. The first-order chi connectivity index (χ1) is 21.0. The molecule has 3 aromatic rings. The summed E-state index contributed by atoms with van der Waals surface area (Å²) in [7, 11) is -2.31. The fourth-order valence-corrected chi connectivity index (χ4v) is 7.75. The molecule has 2 N–H and O–H groups in total. The van der Waals surface area contributed by atoms with Gasteiger partial charge in [0.05, 0.1) is 30.9 Å². The third-order valence-electron chi connectivity index (χ3n) is 8.27. The molecule has 2 aliphatic rings. The molecule has 9 nitrogen and oxygen atoms in total. The van der Waals surface area contributed by atoms with E-state index in [0.29, 0.717) is 45.7 Å². The fraction of sp³-hybridized carbons (Fsp3) is 0.344. The number of esters is 1. The van der Waals surface area contributed by atoms with Crippen LogP contribution in [0.15, 0.2) is 66.7 Å². The highest BCUT2D eigenvalue weighted by Crippen LogP contribution is 2.48. The van der Waals surface area contributed by atoms with E-state index in [0.717, 1.165) is 19.1 Å². The van der Waals surface area contributed by atoms with E-state index in [4.69, 9.17) is 27.9 Å². The van der Waals surface area contributed by atoms with E-state index >= 15 is 0 Å². The normalized spacial score (nSPS) is 21.8. The van der Waals surface area contributed by atoms with Crippen LogP contribution in [-0.4, -0.2) is 56.6 Å². The molecule has 2 amide bonds. The van der Waals surface area contributed by atoms with Gasteiger partial charge in [-0.3, -0.25) is 9.59 Å². The topological polar surface area (TPSA) is 122 Å². The number of halogens is 2. The zero-order chi connectivity index (χ0) is 31.6. The molecule has 44 heavy (non-hydrogen) atoms. The first-order valence-corrected chi connectivity index (χ1v) is 16.9. The van der Waals surface area contributed by atoms with Gasteiger partial charge in [-0.1, -0.05) is 78.5 Å². The molecule has 12 heteroatoms. The summed E-state index contributed by atoms with van der Waals surface area (Å²) in [4.78, 5) is 42.8. The second-order valence-corrected chi connectivity index (χ2v) is 13.7. The molecule has 1 unspecified atom stereocenters. The number of fused-ring (bicyclic) bond motifs is 1. The summed E-state index contributed by atoms with van der Waals surface area (Å²) in [6.45, 7) is 0.0273. The molecule has 4 atom stereocenters. The SMILES string of the molecule is COC(=O)c1ccccc1CNC(=O)[C@@H]1c2ccccc2C(=O)N(C2CCCC[C@@H]2NS(C)(=O)=O)[C@H]1c1ccc(Cl)cc1Cl. The maximum Gasteiger partial charge on any atom is 0.338 e. The van der Waals surface area contributed by atoms with E-state index in [-0.39, 0.29) is 17.5 Å². The largest absolute Gasteiger partial charge is 0.465 e. The molecule has 0 aromatic heterocycles. The molecule has 0 radical (unpaired) electrons. The molecule has 0 bridgehead atoms. The Morgan fingerprint density at radius 1 is 0.977 bits per heavy atom.